The molecule has 0 aliphatic heterocycles. The zero-order valence-electron chi connectivity index (χ0n) is 21.0. The predicted octanol–water partition coefficient (Wildman–Crippen LogP) is 3.13. The van der Waals surface area contributed by atoms with Gasteiger partial charge in [0.05, 0.1) is 12.4 Å². The van der Waals surface area contributed by atoms with Crippen molar-refractivity contribution >= 4 is 19.4 Å². The van der Waals surface area contributed by atoms with Crippen LogP contribution in [0.25, 0.3) is 0 Å². The van der Waals surface area contributed by atoms with E-state index in [1.165, 1.54) is 27.0 Å². The third-order valence-electron chi connectivity index (χ3n) is 6.17. The number of imidazole rings is 1. The highest BCUT2D eigenvalue weighted by atomic mass is 31.2. The van der Waals surface area contributed by atoms with Gasteiger partial charge in [-0.25, -0.2) is 4.98 Å². The van der Waals surface area contributed by atoms with Crippen LogP contribution in [-0.4, -0.2) is 59.0 Å². The van der Waals surface area contributed by atoms with E-state index in [1.807, 2.05) is 20.8 Å². The molecule has 4 N–H and O–H groups in total. The number of amides is 2. The largest absolute Gasteiger partial charge is 0.379 e. The van der Waals surface area contributed by atoms with Crippen LogP contribution < -0.4 is 10.6 Å². The number of aromatic nitrogens is 2. The molecule has 1 aliphatic rings. The highest BCUT2D eigenvalue weighted by Crippen LogP contribution is 2.52. The third-order valence-corrected chi connectivity index (χ3v) is 8.19. The fourth-order valence-corrected chi connectivity index (χ4v) is 5.65. The van der Waals surface area contributed by atoms with Crippen molar-refractivity contribution < 1.29 is 28.3 Å². The highest BCUT2D eigenvalue weighted by molar-refractivity contribution is 7.54. The van der Waals surface area contributed by atoms with Crippen molar-refractivity contribution in [1.29, 1.82) is 0 Å². The Morgan fingerprint density at radius 3 is 2.41 bits per heavy atom. The lowest BCUT2D eigenvalue weighted by Crippen LogP contribution is -2.54. The van der Waals surface area contributed by atoms with E-state index in [9.17, 15) is 19.3 Å². The van der Waals surface area contributed by atoms with Gasteiger partial charge in [-0.15, -0.1) is 0 Å². The number of imide groups is 1. The monoisotopic (exact) mass is 500 g/mol. The van der Waals surface area contributed by atoms with Gasteiger partial charge < -0.3 is 19.1 Å². The fraction of sp³-hybridized carbons (Fsp3) is 0.783. The number of carbonyl (C=O) groups is 2. The van der Waals surface area contributed by atoms with Gasteiger partial charge in [-0.1, -0.05) is 52.9 Å². The van der Waals surface area contributed by atoms with E-state index < -0.39 is 31.4 Å². The van der Waals surface area contributed by atoms with Crippen molar-refractivity contribution in [1.82, 2.24) is 20.6 Å². The normalized spacial score (nSPS) is 18.3. The van der Waals surface area contributed by atoms with Gasteiger partial charge in [0.2, 0.25) is 11.8 Å². The van der Waals surface area contributed by atoms with Crippen LogP contribution in [-0.2, 0) is 29.6 Å². The summed E-state index contributed by atoms with van der Waals surface area (Å²) in [4.78, 5) is 32.6. The number of hydrogen-bond acceptors (Lipinski definition) is 8. The number of aliphatic hydroxyl groups is 1. The molecule has 0 aromatic carbocycles. The summed E-state index contributed by atoms with van der Waals surface area (Å²) in [6.45, 7) is 5.75. The van der Waals surface area contributed by atoms with E-state index in [0.29, 0.717) is 18.0 Å². The zero-order chi connectivity index (χ0) is 25.4. The molecule has 1 heterocycles. The Balaban J connectivity index is 2.26. The first-order valence-corrected chi connectivity index (χ1v) is 13.5. The van der Waals surface area contributed by atoms with E-state index in [-0.39, 0.29) is 24.2 Å². The van der Waals surface area contributed by atoms with Gasteiger partial charge >= 0.3 is 7.60 Å². The van der Waals surface area contributed by atoms with Crippen LogP contribution in [0.1, 0.15) is 71.4 Å². The maximum Gasteiger partial charge on any atom is 0.359 e. The predicted molar refractivity (Wildman–Crippen MR) is 129 cm³/mol. The molecule has 3 atom stereocenters. The Hall–Kier alpha value is -1.58. The van der Waals surface area contributed by atoms with Crippen molar-refractivity contribution in [3.63, 3.8) is 0 Å². The molecular formula is C23H41N4O6P. The average Bonchev–Trinajstić information content (AvgIpc) is 3.29. The highest BCUT2D eigenvalue weighted by Gasteiger charge is 2.41. The number of aliphatic hydroxyl groups excluding tert-OH is 1. The summed E-state index contributed by atoms with van der Waals surface area (Å²) < 4.78 is 23.1. The molecular weight excluding hydrogens is 459 g/mol. The van der Waals surface area contributed by atoms with Crippen LogP contribution in [0.2, 0.25) is 0 Å². The fourth-order valence-electron chi connectivity index (χ4n) is 4.42. The summed E-state index contributed by atoms with van der Waals surface area (Å²) >= 11 is 0. The lowest BCUT2D eigenvalue weighted by Gasteiger charge is -2.34. The molecule has 1 aliphatic carbocycles. The first kappa shape index (κ1) is 28.7. The molecule has 194 valence electrons. The number of carbonyl (C=O) groups excluding carboxylic acids is 2. The Bertz CT molecular complexity index is 812. The minimum absolute atomic E-state index is 0.187. The number of H-pyrrole nitrogens is 1. The van der Waals surface area contributed by atoms with E-state index in [2.05, 4.69) is 20.6 Å². The summed E-state index contributed by atoms with van der Waals surface area (Å²) in [5.74, 6) is -2.07. The van der Waals surface area contributed by atoms with Gasteiger partial charge in [-0.05, 0) is 17.8 Å². The van der Waals surface area contributed by atoms with Crippen LogP contribution in [0, 0.1) is 11.3 Å². The van der Waals surface area contributed by atoms with E-state index in [4.69, 9.17) is 9.05 Å². The van der Waals surface area contributed by atoms with Crippen LogP contribution in [0.5, 0.6) is 0 Å². The minimum atomic E-state index is -3.83. The van der Waals surface area contributed by atoms with Crippen molar-refractivity contribution in [3.8, 4) is 0 Å². The van der Waals surface area contributed by atoms with E-state index in [1.54, 1.807) is 6.20 Å². The first-order chi connectivity index (χ1) is 16.0. The summed E-state index contributed by atoms with van der Waals surface area (Å²) in [6.07, 6.45) is 9.35. The quantitative estimate of drug-likeness (QED) is 0.321. The maximum absolute atomic E-state index is 13.2. The molecule has 0 spiro atoms. The molecule has 1 aromatic heterocycles. The van der Waals surface area contributed by atoms with Gasteiger partial charge in [-0.3, -0.25) is 24.8 Å². The molecule has 2 rings (SSSR count). The maximum atomic E-state index is 13.2. The molecule has 1 unspecified atom stereocenters. The van der Waals surface area contributed by atoms with Gasteiger partial charge in [-0.2, -0.15) is 0 Å². The van der Waals surface area contributed by atoms with Crippen LogP contribution in [0.4, 0.5) is 0 Å². The zero-order valence-corrected chi connectivity index (χ0v) is 21.9. The number of aromatic amines is 1. The number of nitrogens with one attached hydrogen (secondary N) is 3. The molecule has 1 fully saturated rings. The Morgan fingerprint density at radius 2 is 1.88 bits per heavy atom. The molecule has 11 heteroatoms. The third kappa shape index (κ3) is 8.89. The van der Waals surface area contributed by atoms with Gasteiger partial charge in [0.1, 0.15) is 0 Å². The SMILES string of the molecule is COP(=O)(OC)C(O)[C@H](CC1CCCCC1)N[C@@H](Cc1cnc[nH]1)C(=O)NC(=O)CC(C)(C)C. The first-order valence-electron chi connectivity index (χ1n) is 11.9. The second-order valence-electron chi connectivity index (χ2n) is 10.3. The number of nitrogens with zero attached hydrogens (tertiary/aromatic N) is 1. The van der Waals surface area contributed by atoms with E-state index in [0.717, 1.165) is 25.7 Å². The molecule has 0 radical (unpaired) electrons. The molecule has 10 nitrogen and oxygen atoms in total. The van der Waals surface area contributed by atoms with Crippen molar-refractivity contribution in [3.05, 3.63) is 18.2 Å². The molecule has 2 amide bonds. The smallest absolute Gasteiger partial charge is 0.359 e. The van der Waals surface area contributed by atoms with Gasteiger partial charge in [0.25, 0.3) is 0 Å². The molecule has 34 heavy (non-hydrogen) atoms. The van der Waals surface area contributed by atoms with Crippen molar-refractivity contribution in [2.75, 3.05) is 14.2 Å². The van der Waals surface area contributed by atoms with E-state index >= 15 is 0 Å². The minimum Gasteiger partial charge on any atom is -0.379 e. The summed E-state index contributed by atoms with van der Waals surface area (Å²) in [7, 11) is -1.38. The van der Waals surface area contributed by atoms with Crippen LogP contribution >= 0.6 is 7.60 Å². The molecule has 1 saturated carbocycles. The lowest BCUT2D eigenvalue weighted by molar-refractivity contribution is -0.132. The topological polar surface area (TPSA) is 143 Å². The standard InChI is InChI=1S/C23H41N4O6P/c1-23(2,3)13-20(28)27-21(29)18(12-17-14-24-15-25-17)26-19(11-16-9-7-6-8-10-16)22(30)34(31,32-4)33-5/h14-16,18-19,22,26,30H,6-13H2,1-5H3,(H,24,25)(H,27,28,29)/t18-,19-,22?/m0/s1. The Morgan fingerprint density at radius 1 is 1.24 bits per heavy atom. The number of hydrogen-bond donors (Lipinski definition) is 4. The number of rotatable bonds is 12. The van der Waals surface area contributed by atoms with Crippen molar-refractivity contribution in [2.45, 2.75) is 90.1 Å². The Kier molecular flexibility index (Phi) is 10.9. The second-order valence-corrected chi connectivity index (χ2v) is 12.7. The van der Waals surface area contributed by atoms with Crippen LogP contribution in [0.15, 0.2) is 12.5 Å². The Labute approximate surface area is 202 Å². The second kappa shape index (κ2) is 12.9. The van der Waals surface area contributed by atoms with Crippen LogP contribution in [0.3, 0.4) is 0 Å². The molecule has 0 bridgehead atoms. The average molecular weight is 501 g/mol. The lowest BCUT2D eigenvalue weighted by atomic mass is 9.84. The van der Waals surface area contributed by atoms with Crippen molar-refractivity contribution in [2.24, 2.45) is 11.3 Å². The molecule has 1 aromatic rings. The summed E-state index contributed by atoms with van der Waals surface area (Å²) in [6, 6.07) is -1.63. The summed E-state index contributed by atoms with van der Waals surface area (Å²) in [5.41, 5.74) is 0.406. The molecule has 0 saturated heterocycles. The summed E-state index contributed by atoms with van der Waals surface area (Å²) in [5, 5.41) is 16.7. The van der Waals surface area contributed by atoms with Gasteiger partial charge in [0, 0.05) is 45.0 Å². The van der Waals surface area contributed by atoms with Gasteiger partial charge in [0.15, 0.2) is 5.85 Å².